The molecule has 0 bridgehead atoms. The van der Waals surface area contributed by atoms with Gasteiger partial charge in [0.2, 0.25) is 0 Å². The van der Waals surface area contributed by atoms with Crippen LogP contribution in [0.4, 0.5) is 10.5 Å². The first-order chi connectivity index (χ1) is 13.0. The molecule has 3 rings (SSSR count). The van der Waals surface area contributed by atoms with E-state index in [0.717, 1.165) is 12.1 Å². The molecule has 27 heavy (non-hydrogen) atoms. The summed E-state index contributed by atoms with van der Waals surface area (Å²) in [6.07, 6.45) is 4.00. The second-order valence-corrected chi connectivity index (χ2v) is 7.08. The lowest BCUT2D eigenvalue weighted by Gasteiger charge is -2.22. The lowest BCUT2D eigenvalue weighted by Crippen LogP contribution is -2.39. The van der Waals surface area contributed by atoms with Gasteiger partial charge in [-0.25, -0.2) is 4.79 Å². The van der Waals surface area contributed by atoms with Crippen molar-refractivity contribution in [1.29, 1.82) is 0 Å². The second kappa shape index (κ2) is 8.66. The van der Waals surface area contributed by atoms with E-state index < -0.39 is 0 Å². The molecule has 142 valence electrons. The van der Waals surface area contributed by atoms with Crippen molar-refractivity contribution in [3.8, 4) is 0 Å². The monoisotopic (exact) mass is 366 g/mol. The summed E-state index contributed by atoms with van der Waals surface area (Å²) in [6, 6.07) is 11.3. The number of pyridine rings is 1. The maximum Gasteiger partial charge on any atom is 0.321 e. The minimum absolute atomic E-state index is 0.0102. The Morgan fingerprint density at radius 2 is 1.56 bits per heavy atom. The van der Waals surface area contributed by atoms with Crippen molar-refractivity contribution in [3.63, 3.8) is 0 Å². The van der Waals surface area contributed by atoms with Crippen LogP contribution in [0.3, 0.4) is 0 Å². The van der Waals surface area contributed by atoms with Gasteiger partial charge < -0.3 is 15.1 Å². The Morgan fingerprint density at radius 3 is 2.22 bits per heavy atom. The van der Waals surface area contributed by atoms with Gasteiger partial charge in [0.25, 0.3) is 5.91 Å². The molecule has 0 aliphatic carbocycles. The molecule has 1 aliphatic rings. The Bertz CT molecular complexity index is 775. The largest absolute Gasteiger partial charge is 0.337 e. The van der Waals surface area contributed by atoms with Gasteiger partial charge in [-0.1, -0.05) is 26.0 Å². The molecule has 6 nitrogen and oxygen atoms in total. The molecule has 0 unspecified atom stereocenters. The highest BCUT2D eigenvalue weighted by Gasteiger charge is 2.22. The molecule has 1 aliphatic heterocycles. The van der Waals surface area contributed by atoms with E-state index in [1.165, 1.54) is 5.56 Å². The Morgan fingerprint density at radius 1 is 0.926 bits per heavy atom. The quantitative estimate of drug-likeness (QED) is 0.903. The third kappa shape index (κ3) is 4.84. The van der Waals surface area contributed by atoms with E-state index in [9.17, 15) is 9.59 Å². The van der Waals surface area contributed by atoms with Crippen molar-refractivity contribution in [2.75, 3.05) is 31.5 Å². The summed E-state index contributed by atoms with van der Waals surface area (Å²) in [5, 5.41) is 2.96. The SMILES string of the molecule is CC(C)c1ccc(NC(=O)N2CCCN(C(=O)c3ccncc3)CC2)cc1. The predicted molar refractivity (Wildman–Crippen MR) is 106 cm³/mol. The van der Waals surface area contributed by atoms with Gasteiger partial charge in [-0.2, -0.15) is 0 Å². The van der Waals surface area contributed by atoms with Crippen molar-refractivity contribution >= 4 is 17.6 Å². The molecule has 2 aromatic rings. The van der Waals surface area contributed by atoms with Gasteiger partial charge in [-0.05, 0) is 42.2 Å². The maximum atomic E-state index is 12.6. The van der Waals surface area contributed by atoms with E-state index in [0.29, 0.717) is 37.7 Å². The molecular weight excluding hydrogens is 340 g/mol. The summed E-state index contributed by atoms with van der Waals surface area (Å²) in [5.74, 6) is 0.452. The van der Waals surface area contributed by atoms with Gasteiger partial charge in [-0.3, -0.25) is 9.78 Å². The van der Waals surface area contributed by atoms with E-state index in [2.05, 4.69) is 24.1 Å². The number of hydrogen-bond donors (Lipinski definition) is 1. The topological polar surface area (TPSA) is 65.5 Å². The first kappa shape index (κ1) is 18.9. The second-order valence-electron chi connectivity index (χ2n) is 7.08. The fourth-order valence-corrected chi connectivity index (χ4v) is 3.15. The van der Waals surface area contributed by atoms with Gasteiger partial charge in [0.15, 0.2) is 0 Å². The van der Waals surface area contributed by atoms with Crippen LogP contribution in [0.1, 0.15) is 42.1 Å². The molecule has 6 heteroatoms. The minimum Gasteiger partial charge on any atom is -0.337 e. The molecule has 1 aromatic heterocycles. The average molecular weight is 366 g/mol. The van der Waals surface area contributed by atoms with Crippen molar-refractivity contribution < 1.29 is 9.59 Å². The number of benzene rings is 1. The third-order valence-corrected chi connectivity index (χ3v) is 4.83. The van der Waals surface area contributed by atoms with Gasteiger partial charge in [0.05, 0.1) is 0 Å². The van der Waals surface area contributed by atoms with E-state index in [1.54, 1.807) is 34.3 Å². The van der Waals surface area contributed by atoms with Gasteiger partial charge in [0, 0.05) is 49.8 Å². The highest BCUT2D eigenvalue weighted by molar-refractivity contribution is 5.94. The first-order valence-corrected chi connectivity index (χ1v) is 9.40. The molecular formula is C21H26N4O2. The van der Waals surface area contributed by atoms with E-state index in [4.69, 9.17) is 0 Å². The Balaban J connectivity index is 1.57. The van der Waals surface area contributed by atoms with Crippen LogP contribution in [0.15, 0.2) is 48.8 Å². The van der Waals surface area contributed by atoms with Crippen molar-refractivity contribution in [2.24, 2.45) is 0 Å². The van der Waals surface area contributed by atoms with E-state index >= 15 is 0 Å². The number of carbonyl (C=O) groups excluding carboxylic acids is 2. The van der Waals surface area contributed by atoms with Gasteiger partial charge >= 0.3 is 6.03 Å². The summed E-state index contributed by atoms with van der Waals surface area (Å²) in [6.45, 7) is 6.62. The number of nitrogens with one attached hydrogen (secondary N) is 1. The zero-order valence-corrected chi connectivity index (χ0v) is 15.9. The van der Waals surface area contributed by atoms with Crippen LogP contribution in [0, 0.1) is 0 Å². The van der Waals surface area contributed by atoms with Crippen LogP contribution in [-0.4, -0.2) is 52.9 Å². The summed E-state index contributed by atoms with van der Waals surface area (Å²) in [5.41, 5.74) is 2.67. The predicted octanol–water partition coefficient (Wildman–Crippen LogP) is 3.59. The molecule has 2 heterocycles. The number of rotatable bonds is 3. The summed E-state index contributed by atoms with van der Waals surface area (Å²) < 4.78 is 0. The van der Waals surface area contributed by atoms with Crippen molar-refractivity contribution in [1.82, 2.24) is 14.8 Å². The Kier molecular flexibility index (Phi) is 6.06. The van der Waals surface area contributed by atoms with Crippen LogP contribution in [0.5, 0.6) is 0 Å². The molecule has 0 atom stereocenters. The molecule has 0 radical (unpaired) electrons. The highest BCUT2D eigenvalue weighted by Crippen LogP contribution is 2.18. The molecule has 1 saturated heterocycles. The molecule has 1 aromatic carbocycles. The van der Waals surface area contributed by atoms with Crippen LogP contribution in [-0.2, 0) is 0 Å². The van der Waals surface area contributed by atoms with Crippen molar-refractivity contribution in [2.45, 2.75) is 26.2 Å². The lowest BCUT2D eigenvalue weighted by molar-refractivity contribution is 0.0762. The molecule has 1 N–H and O–H groups in total. The van der Waals surface area contributed by atoms with Crippen LogP contribution in [0.2, 0.25) is 0 Å². The zero-order chi connectivity index (χ0) is 19.2. The number of hydrogen-bond acceptors (Lipinski definition) is 3. The number of aromatic nitrogens is 1. The standard InChI is InChI=1S/C21H26N4O2/c1-16(2)17-4-6-19(7-5-17)23-21(27)25-13-3-12-24(14-15-25)20(26)18-8-10-22-11-9-18/h4-11,16H,3,12-15H2,1-2H3,(H,23,27). The van der Waals surface area contributed by atoms with Crippen LogP contribution >= 0.6 is 0 Å². The fourth-order valence-electron chi connectivity index (χ4n) is 3.15. The Hall–Kier alpha value is -2.89. The number of urea groups is 1. The number of nitrogens with zero attached hydrogens (tertiary/aromatic N) is 3. The third-order valence-electron chi connectivity index (χ3n) is 4.83. The zero-order valence-electron chi connectivity index (χ0n) is 15.9. The summed E-state index contributed by atoms with van der Waals surface area (Å²) in [7, 11) is 0. The molecule has 0 spiro atoms. The first-order valence-electron chi connectivity index (χ1n) is 9.40. The smallest absolute Gasteiger partial charge is 0.321 e. The normalized spacial score (nSPS) is 14.8. The van der Waals surface area contributed by atoms with E-state index in [-0.39, 0.29) is 11.9 Å². The highest BCUT2D eigenvalue weighted by atomic mass is 16.2. The maximum absolute atomic E-state index is 12.6. The van der Waals surface area contributed by atoms with E-state index in [1.807, 2.05) is 24.3 Å². The molecule has 0 saturated carbocycles. The summed E-state index contributed by atoms with van der Waals surface area (Å²) >= 11 is 0. The Labute approximate surface area is 160 Å². The number of anilines is 1. The van der Waals surface area contributed by atoms with Gasteiger partial charge in [-0.15, -0.1) is 0 Å². The summed E-state index contributed by atoms with van der Waals surface area (Å²) in [4.78, 5) is 32.7. The lowest BCUT2D eigenvalue weighted by atomic mass is 10.0. The van der Waals surface area contributed by atoms with Crippen LogP contribution in [0.25, 0.3) is 0 Å². The van der Waals surface area contributed by atoms with Crippen molar-refractivity contribution in [3.05, 3.63) is 59.9 Å². The fraction of sp³-hybridized carbons (Fsp3) is 0.381. The molecule has 3 amide bonds. The minimum atomic E-state index is -0.120. The number of amides is 3. The van der Waals surface area contributed by atoms with Gasteiger partial charge in [0.1, 0.15) is 0 Å². The average Bonchev–Trinajstić information content (AvgIpc) is 2.95. The number of carbonyl (C=O) groups is 2. The molecule has 1 fully saturated rings. The van der Waals surface area contributed by atoms with Crippen LogP contribution < -0.4 is 5.32 Å².